The molecule has 0 aromatic carbocycles. The Balaban J connectivity index is 1.95. The molecule has 1 fully saturated rings. The molecule has 2 atom stereocenters. The molecule has 2 unspecified atom stereocenters. The van der Waals surface area contributed by atoms with Gasteiger partial charge < -0.3 is 20.1 Å². The highest BCUT2D eigenvalue weighted by Crippen LogP contribution is 2.29. The monoisotopic (exact) mass is 478 g/mol. The highest BCUT2D eigenvalue weighted by Gasteiger charge is 2.32. The number of aromatic nitrogens is 1. The number of aliphatic hydroxyl groups is 1. The summed E-state index contributed by atoms with van der Waals surface area (Å²) in [6.07, 6.45) is 8.51. The number of alkyl halides is 1. The smallest absolute Gasteiger partial charge is 0.230 e. The molecule has 0 aliphatic carbocycles. The number of nitrogens with zero attached hydrogens (tertiary/aromatic N) is 3. The van der Waals surface area contributed by atoms with E-state index in [0.29, 0.717) is 25.2 Å². The Kier molecular flexibility index (Phi) is 10.8. The molecule has 2 N–H and O–H groups in total. The fourth-order valence-electron chi connectivity index (χ4n) is 3.68. The third kappa shape index (κ3) is 7.70. The molecular weight excluding hydrogens is 442 g/mol. The molecule has 1 aliphatic heterocycles. The zero-order valence-corrected chi connectivity index (χ0v) is 20.3. The van der Waals surface area contributed by atoms with E-state index >= 15 is 0 Å². The number of hydrogen-bond acceptors (Lipinski definition) is 6. The number of hydrogen-bond donors (Lipinski definition) is 2. The number of ether oxygens (including phenoxy) is 1. The molecule has 9 heteroatoms. The van der Waals surface area contributed by atoms with E-state index in [4.69, 9.17) is 4.74 Å². The number of likely N-dealkylation sites (tertiary alicyclic amines) is 1. The molecule has 1 aromatic rings. The van der Waals surface area contributed by atoms with Crippen molar-refractivity contribution in [3.63, 3.8) is 0 Å². The number of anilines is 1. The molecule has 0 spiro atoms. The van der Waals surface area contributed by atoms with Crippen LogP contribution in [0, 0.1) is 11.2 Å². The molecule has 188 valence electrons. The molecule has 2 heterocycles. The van der Waals surface area contributed by atoms with Gasteiger partial charge in [0.1, 0.15) is 19.2 Å². The average Bonchev–Trinajstić information content (AvgIpc) is 3.07. The van der Waals surface area contributed by atoms with Gasteiger partial charge in [-0.3, -0.25) is 4.79 Å². The first-order valence-electron chi connectivity index (χ1n) is 11.6. The number of nitrogens with one attached hydrogen (secondary N) is 1. The first-order chi connectivity index (χ1) is 16.2. The summed E-state index contributed by atoms with van der Waals surface area (Å²) in [5.74, 6) is -0.609. The third-order valence-corrected chi connectivity index (χ3v) is 5.82. The van der Waals surface area contributed by atoms with Gasteiger partial charge in [-0.2, -0.15) is 0 Å². The van der Waals surface area contributed by atoms with Crippen molar-refractivity contribution in [1.82, 2.24) is 9.88 Å². The molecule has 0 saturated carbocycles. The summed E-state index contributed by atoms with van der Waals surface area (Å²) in [6.45, 7) is 9.36. The second kappa shape index (κ2) is 13.3. The zero-order chi connectivity index (χ0) is 25.1. The molecule has 1 aliphatic rings. The lowest BCUT2D eigenvalue weighted by Gasteiger charge is -2.29. The summed E-state index contributed by atoms with van der Waals surface area (Å²) in [7, 11) is 0. The largest absolute Gasteiger partial charge is 0.395 e. The summed E-state index contributed by atoms with van der Waals surface area (Å²) in [6, 6.07) is 1.32. The zero-order valence-electron chi connectivity index (χ0n) is 20.3. The van der Waals surface area contributed by atoms with Gasteiger partial charge in [-0.05, 0) is 39.8 Å². The summed E-state index contributed by atoms with van der Waals surface area (Å²) < 4.78 is 32.8. The minimum absolute atomic E-state index is 0.0534. The van der Waals surface area contributed by atoms with Crippen LogP contribution in [0.1, 0.15) is 51.6 Å². The van der Waals surface area contributed by atoms with Crippen LogP contribution in [0.5, 0.6) is 0 Å². The van der Waals surface area contributed by atoms with Crippen molar-refractivity contribution < 1.29 is 23.4 Å². The molecule has 7 nitrogen and oxygen atoms in total. The predicted molar refractivity (Wildman–Crippen MR) is 131 cm³/mol. The highest BCUT2D eigenvalue weighted by molar-refractivity contribution is 5.82. The topological polar surface area (TPSA) is 87.1 Å². The van der Waals surface area contributed by atoms with Crippen molar-refractivity contribution in [2.24, 2.45) is 10.4 Å². The van der Waals surface area contributed by atoms with Crippen LogP contribution < -0.4 is 5.32 Å². The van der Waals surface area contributed by atoms with Crippen molar-refractivity contribution in [1.29, 1.82) is 0 Å². The SMILES string of the molecule is C=Nc1nc(C(C)/C=C\C=C/CF)c(F)cc1NCOC1CCCN(C(=O)C(C)(C)CO)CC1. The van der Waals surface area contributed by atoms with Crippen molar-refractivity contribution in [2.75, 3.05) is 38.4 Å². The van der Waals surface area contributed by atoms with Crippen LogP contribution >= 0.6 is 0 Å². The third-order valence-electron chi connectivity index (χ3n) is 5.82. The molecule has 0 bridgehead atoms. The van der Waals surface area contributed by atoms with Crippen LogP contribution in [0.2, 0.25) is 0 Å². The van der Waals surface area contributed by atoms with Crippen LogP contribution in [-0.4, -0.2) is 66.8 Å². The molecule has 2 rings (SSSR count). The maximum Gasteiger partial charge on any atom is 0.230 e. The summed E-state index contributed by atoms with van der Waals surface area (Å²) in [5.41, 5.74) is -0.198. The van der Waals surface area contributed by atoms with Gasteiger partial charge in [0, 0.05) is 25.1 Å². The fourth-order valence-corrected chi connectivity index (χ4v) is 3.68. The minimum Gasteiger partial charge on any atom is -0.395 e. The number of halogens is 2. The van der Waals surface area contributed by atoms with Crippen molar-refractivity contribution in [3.8, 4) is 0 Å². The van der Waals surface area contributed by atoms with Gasteiger partial charge in [0.25, 0.3) is 0 Å². The first kappa shape index (κ1) is 27.6. The van der Waals surface area contributed by atoms with E-state index in [1.807, 2.05) is 0 Å². The average molecular weight is 479 g/mol. The lowest BCUT2D eigenvalue weighted by molar-refractivity contribution is -0.142. The van der Waals surface area contributed by atoms with E-state index in [9.17, 15) is 18.7 Å². The number of rotatable bonds is 11. The number of carbonyl (C=O) groups is 1. The maximum atomic E-state index is 14.7. The number of allylic oxidation sites excluding steroid dienone is 4. The number of aliphatic imine (C=N–C) groups is 1. The van der Waals surface area contributed by atoms with E-state index in [2.05, 4.69) is 22.0 Å². The van der Waals surface area contributed by atoms with E-state index in [-0.39, 0.29) is 42.8 Å². The van der Waals surface area contributed by atoms with Crippen molar-refractivity contribution in [2.45, 2.75) is 52.1 Å². The van der Waals surface area contributed by atoms with Gasteiger partial charge in [0.15, 0.2) is 5.82 Å². The van der Waals surface area contributed by atoms with E-state index in [1.165, 1.54) is 12.1 Å². The molecule has 1 amide bonds. The molecule has 34 heavy (non-hydrogen) atoms. The Morgan fingerprint density at radius 1 is 1.44 bits per heavy atom. The van der Waals surface area contributed by atoms with E-state index < -0.39 is 17.9 Å². The van der Waals surface area contributed by atoms with Crippen LogP contribution in [0.4, 0.5) is 20.3 Å². The minimum atomic E-state index is -0.794. The second-order valence-corrected chi connectivity index (χ2v) is 9.02. The lowest BCUT2D eigenvalue weighted by atomic mass is 9.93. The quantitative estimate of drug-likeness (QED) is 0.277. The molecule has 1 saturated heterocycles. The number of aliphatic hydroxyl groups excluding tert-OH is 1. The lowest BCUT2D eigenvalue weighted by Crippen LogP contribution is -2.43. The van der Waals surface area contributed by atoms with Crippen LogP contribution in [0.3, 0.4) is 0 Å². The van der Waals surface area contributed by atoms with Crippen molar-refractivity contribution in [3.05, 3.63) is 41.9 Å². The van der Waals surface area contributed by atoms with Gasteiger partial charge in [-0.25, -0.2) is 18.8 Å². The first-order valence-corrected chi connectivity index (χ1v) is 11.6. The Labute approximate surface area is 200 Å². The van der Waals surface area contributed by atoms with Gasteiger partial charge in [0.2, 0.25) is 5.91 Å². The number of amides is 1. The second-order valence-electron chi connectivity index (χ2n) is 9.02. The number of carbonyl (C=O) groups excluding carboxylic acids is 1. The van der Waals surface area contributed by atoms with Crippen LogP contribution in [-0.2, 0) is 9.53 Å². The molecule has 1 aromatic heterocycles. The van der Waals surface area contributed by atoms with E-state index in [0.717, 1.165) is 12.8 Å². The Bertz CT molecular complexity index is 889. The normalized spacial score (nSPS) is 18.3. The van der Waals surface area contributed by atoms with Gasteiger partial charge in [-0.15, -0.1) is 0 Å². The van der Waals surface area contributed by atoms with Gasteiger partial charge >= 0.3 is 0 Å². The van der Waals surface area contributed by atoms with Crippen LogP contribution in [0.25, 0.3) is 0 Å². The Morgan fingerprint density at radius 3 is 2.88 bits per heavy atom. The molecular formula is C25H36F2N4O3. The van der Waals surface area contributed by atoms with Crippen LogP contribution in [0.15, 0.2) is 35.4 Å². The fraction of sp³-hybridized carbons (Fsp3) is 0.560. The standard InChI is InChI=1S/C25H36F2N4O3/c1-18(9-6-5-7-12-26)22-20(27)15-21(23(28-4)30-22)29-17-34-19-10-8-13-31(14-11-19)24(33)25(2,3)16-32/h5-7,9,15,18-19,29,32H,4,8,10-14,16-17H2,1-3H3/b7-5-,9-6-. The number of pyridine rings is 1. The van der Waals surface area contributed by atoms with Gasteiger partial charge in [0.05, 0.1) is 29.5 Å². The van der Waals surface area contributed by atoms with Crippen molar-refractivity contribution >= 4 is 24.1 Å². The predicted octanol–water partition coefficient (Wildman–Crippen LogP) is 4.52. The summed E-state index contributed by atoms with van der Waals surface area (Å²) in [5, 5.41) is 12.5. The Hall–Kier alpha value is -2.65. The maximum absolute atomic E-state index is 14.7. The van der Waals surface area contributed by atoms with E-state index in [1.54, 1.807) is 43.9 Å². The molecule has 0 radical (unpaired) electrons. The van der Waals surface area contributed by atoms with Gasteiger partial charge in [-0.1, -0.05) is 31.2 Å². The Morgan fingerprint density at radius 2 is 2.21 bits per heavy atom. The summed E-state index contributed by atoms with van der Waals surface area (Å²) in [4.78, 5) is 22.6. The highest BCUT2D eigenvalue weighted by atomic mass is 19.1. The summed E-state index contributed by atoms with van der Waals surface area (Å²) >= 11 is 0.